The molecular weight excluding hydrogens is 462 g/mol. The van der Waals surface area contributed by atoms with Gasteiger partial charge in [0, 0.05) is 12.6 Å². The van der Waals surface area contributed by atoms with Crippen molar-refractivity contribution in [2.75, 3.05) is 13.2 Å². The van der Waals surface area contributed by atoms with Crippen molar-refractivity contribution < 1.29 is 28.7 Å². The summed E-state index contributed by atoms with van der Waals surface area (Å²) in [6.45, 7) is 14.2. The summed E-state index contributed by atoms with van der Waals surface area (Å²) in [5, 5.41) is 5.22. The number of nitrogens with one attached hydrogen (secondary N) is 2. The van der Waals surface area contributed by atoms with Crippen molar-refractivity contribution in [3.8, 4) is 12.5 Å². The second-order valence-electron chi connectivity index (χ2n) is 9.33. The van der Waals surface area contributed by atoms with Crippen molar-refractivity contribution in [3.63, 3.8) is 0 Å². The van der Waals surface area contributed by atoms with Crippen molar-refractivity contribution in [2.45, 2.75) is 65.6 Å². The minimum Gasteiger partial charge on any atom is -0.466 e. The van der Waals surface area contributed by atoms with E-state index in [2.05, 4.69) is 23.3 Å². The first kappa shape index (κ1) is 30.2. The molecule has 0 saturated heterocycles. The predicted molar refractivity (Wildman–Crippen MR) is 137 cm³/mol. The molecule has 196 valence electrons. The molecule has 1 aromatic rings. The zero-order valence-electron chi connectivity index (χ0n) is 21.9. The van der Waals surface area contributed by atoms with Gasteiger partial charge in [-0.25, -0.2) is 4.79 Å². The number of esters is 1. The van der Waals surface area contributed by atoms with Crippen molar-refractivity contribution in [3.05, 3.63) is 42.0 Å². The van der Waals surface area contributed by atoms with Crippen molar-refractivity contribution >= 4 is 30.0 Å². The second-order valence-corrected chi connectivity index (χ2v) is 9.33. The minimum atomic E-state index is -1.23. The molecule has 9 heteroatoms. The molecule has 2 atom stereocenters. The van der Waals surface area contributed by atoms with E-state index in [1.807, 2.05) is 0 Å². The molecule has 0 aliphatic rings. The molecule has 0 aliphatic heterocycles. The molecular formula is C27H37N3O6. The highest BCUT2D eigenvalue weighted by Crippen LogP contribution is 2.24. The molecule has 0 aromatic heterocycles. The molecule has 0 aliphatic carbocycles. The van der Waals surface area contributed by atoms with Crippen molar-refractivity contribution in [1.29, 1.82) is 0 Å². The van der Waals surface area contributed by atoms with Crippen LogP contribution in [0.1, 0.15) is 65.1 Å². The number of carbonyl (C=O) groups excluding carboxylic acids is 4. The number of amides is 3. The van der Waals surface area contributed by atoms with Gasteiger partial charge in [0.25, 0.3) is 5.91 Å². The first-order valence-electron chi connectivity index (χ1n) is 11.8. The number of terminal acetylenes is 1. The van der Waals surface area contributed by atoms with Gasteiger partial charge in [-0.05, 0) is 50.8 Å². The van der Waals surface area contributed by atoms with Crippen LogP contribution < -0.4 is 10.6 Å². The average molecular weight is 500 g/mol. The highest BCUT2D eigenvalue weighted by atomic mass is 16.6. The SMILES string of the molecule is C#CN(C(=O)C(NC(=O)OC(C)(C)C)C(C)C)C(C(=O)NCCC(=O)OCC)c1cccc(C=C)c1. The van der Waals surface area contributed by atoms with E-state index in [1.54, 1.807) is 71.9 Å². The lowest BCUT2D eigenvalue weighted by molar-refractivity contribution is -0.143. The standard InChI is InChI=1S/C27H37N3O6/c1-9-19-13-12-14-20(17-19)23(24(32)28-16-15-21(31)35-11-3)30(10-2)25(33)22(18(4)5)29-26(34)36-27(6,7)8/h2,9,12-14,17-18,22-23H,1,11,15-16H2,3-8H3,(H,28,32)(H,29,34). The topological polar surface area (TPSA) is 114 Å². The first-order chi connectivity index (χ1) is 16.8. The maximum Gasteiger partial charge on any atom is 0.408 e. The summed E-state index contributed by atoms with van der Waals surface area (Å²) in [4.78, 5) is 51.9. The van der Waals surface area contributed by atoms with E-state index >= 15 is 0 Å². The fraction of sp³-hybridized carbons (Fsp3) is 0.481. The third-order valence-corrected chi connectivity index (χ3v) is 4.88. The van der Waals surface area contributed by atoms with E-state index < -0.39 is 41.6 Å². The molecule has 0 fully saturated rings. The van der Waals surface area contributed by atoms with Gasteiger partial charge in [-0.15, -0.1) is 0 Å². The Kier molecular flexibility index (Phi) is 11.7. The quantitative estimate of drug-likeness (QED) is 0.274. The maximum atomic E-state index is 13.6. The second kappa shape index (κ2) is 13.9. The van der Waals surface area contributed by atoms with E-state index in [0.717, 1.165) is 4.90 Å². The smallest absolute Gasteiger partial charge is 0.408 e. The fourth-order valence-electron chi connectivity index (χ4n) is 3.25. The maximum absolute atomic E-state index is 13.6. The van der Waals surface area contributed by atoms with Crippen LogP contribution in [0.2, 0.25) is 0 Å². The number of alkyl carbamates (subject to hydrolysis) is 1. The van der Waals surface area contributed by atoms with Gasteiger partial charge in [0.05, 0.1) is 13.0 Å². The Balaban J connectivity index is 3.32. The van der Waals surface area contributed by atoms with E-state index in [4.69, 9.17) is 15.9 Å². The fourth-order valence-corrected chi connectivity index (χ4v) is 3.25. The van der Waals surface area contributed by atoms with Crippen molar-refractivity contribution in [2.24, 2.45) is 5.92 Å². The normalized spacial score (nSPS) is 12.5. The summed E-state index contributed by atoms with van der Waals surface area (Å²) in [6, 6.07) is 6.86. The first-order valence-corrected chi connectivity index (χ1v) is 11.8. The van der Waals surface area contributed by atoms with Gasteiger partial charge in [0.15, 0.2) is 0 Å². The zero-order chi connectivity index (χ0) is 27.5. The van der Waals surface area contributed by atoms with E-state index in [0.29, 0.717) is 11.1 Å². The highest BCUT2D eigenvalue weighted by molar-refractivity contribution is 5.93. The number of rotatable bonds is 11. The molecule has 2 N–H and O–H groups in total. The summed E-state index contributed by atoms with van der Waals surface area (Å²) in [5.41, 5.74) is 0.382. The predicted octanol–water partition coefficient (Wildman–Crippen LogP) is 3.41. The van der Waals surface area contributed by atoms with Crippen LogP contribution in [0.5, 0.6) is 0 Å². The number of nitrogens with zero attached hydrogens (tertiary/aromatic N) is 1. The lowest BCUT2D eigenvalue weighted by atomic mass is 9.98. The Labute approximate surface area is 213 Å². The lowest BCUT2D eigenvalue weighted by Crippen LogP contribution is -2.53. The highest BCUT2D eigenvalue weighted by Gasteiger charge is 2.37. The van der Waals surface area contributed by atoms with Crippen LogP contribution in [0.3, 0.4) is 0 Å². The Morgan fingerprint density at radius 1 is 1.22 bits per heavy atom. The number of hydrogen-bond donors (Lipinski definition) is 2. The zero-order valence-corrected chi connectivity index (χ0v) is 21.9. The number of hydrogen-bond acceptors (Lipinski definition) is 6. The Bertz CT molecular complexity index is 990. The molecule has 0 radical (unpaired) electrons. The van der Waals surface area contributed by atoms with Crippen molar-refractivity contribution in [1.82, 2.24) is 15.5 Å². The molecule has 9 nitrogen and oxygen atoms in total. The van der Waals surface area contributed by atoms with Gasteiger partial charge in [0.1, 0.15) is 17.7 Å². The molecule has 1 aromatic carbocycles. The Morgan fingerprint density at radius 2 is 1.89 bits per heavy atom. The van der Waals surface area contributed by atoms with Crippen LogP contribution in [0, 0.1) is 18.4 Å². The molecule has 1 rings (SSSR count). The largest absolute Gasteiger partial charge is 0.466 e. The molecule has 2 unspecified atom stereocenters. The van der Waals surface area contributed by atoms with Gasteiger partial charge in [0.2, 0.25) is 5.91 Å². The summed E-state index contributed by atoms with van der Waals surface area (Å²) in [7, 11) is 0. The Hall–Kier alpha value is -3.80. The number of benzene rings is 1. The van der Waals surface area contributed by atoms with Gasteiger partial charge in [-0.1, -0.05) is 51.1 Å². The van der Waals surface area contributed by atoms with Gasteiger partial charge < -0.3 is 20.1 Å². The number of carbonyl (C=O) groups is 4. The van der Waals surface area contributed by atoms with E-state index in [-0.39, 0.29) is 25.5 Å². The van der Waals surface area contributed by atoms with Gasteiger partial charge in [-0.3, -0.25) is 19.3 Å². The lowest BCUT2D eigenvalue weighted by Gasteiger charge is -2.32. The molecule has 0 bridgehead atoms. The summed E-state index contributed by atoms with van der Waals surface area (Å²) >= 11 is 0. The molecule has 0 heterocycles. The van der Waals surface area contributed by atoms with Gasteiger partial charge in [-0.2, -0.15) is 0 Å². The van der Waals surface area contributed by atoms with E-state index in [9.17, 15) is 19.2 Å². The monoisotopic (exact) mass is 499 g/mol. The average Bonchev–Trinajstić information content (AvgIpc) is 2.79. The van der Waals surface area contributed by atoms with Crippen LogP contribution in [-0.2, 0) is 23.9 Å². The number of ether oxygens (including phenoxy) is 2. The summed E-state index contributed by atoms with van der Waals surface area (Å²) in [6.07, 6.45) is 6.52. The molecule has 3 amide bonds. The summed E-state index contributed by atoms with van der Waals surface area (Å²) in [5.74, 6) is -2.08. The molecule has 0 spiro atoms. The molecule has 36 heavy (non-hydrogen) atoms. The van der Waals surface area contributed by atoms with Crippen LogP contribution >= 0.6 is 0 Å². The minimum absolute atomic E-state index is 0.00825. The molecule has 0 saturated carbocycles. The van der Waals surface area contributed by atoms with Crippen LogP contribution in [0.25, 0.3) is 6.08 Å². The third kappa shape index (κ3) is 9.45. The third-order valence-electron chi connectivity index (χ3n) is 4.88. The van der Waals surface area contributed by atoms with E-state index in [1.165, 1.54) is 0 Å². The Morgan fingerprint density at radius 3 is 2.42 bits per heavy atom. The van der Waals surface area contributed by atoms with Gasteiger partial charge >= 0.3 is 12.1 Å². The van der Waals surface area contributed by atoms with Crippen LogP contribution in [-0.4, -0.2) is 53.6 Å². The van der Waals surface area contributed by atoms with Crippen LogP contribution in [0.4, 0.5) is 4.79 Å². The van der Waals surface area contributed by atoms with Crippen LogP contribution in [0.15, 0.2) is 30.8 Å². The summed E-state index contributed by atoms with van der Waals surface area (Å²) < 4.78 is 10.2.